The number of aliphatic imine (C=N–C) groups is 1. The molecule has 0 spiro atoms. The number of aromatic nitrogens is 1. The molecule has 1 unspecified atom stereocenters. The van der Waals surface area contributed by atoms with Gasteiger partial charge in [0.2, 0.25) is 0 Å². The lowest BCUT2D eigenvalue weighted by atomic mass is 10.2. The Kier molecular flexibility index (Phi) is 7.64. The van der Waals surface area contributed by atoms with E-state index in [1.54, 1.807) is 18.4 Å². The van der Waals surface area contributed by atoms with Gasteiger partial charge >= 0.3 is 0 Å². The largest absolute Gasteiger partial charge is 0.379 e. The number of guanidine groups is 1. The molecular formula is C20H30N6OS. The normalized spacial score (nSPS) is 16.6. The number of thiophene rings is 1. The van der Waals surface area contributed by atoms with E-state index in [1.807, 2.05) is 37.2 Å². The molecule has 1 aliphatic rings. The van der Waals surface area contributed by atoms with Gasteiger partial charge in [0.25, 0.3) is 0 Å². The van der Waals surface area contributed by atoms with Crippen molar-refractivity contribution in [2.24, 2.45) is 4.99 Å². The highest BCUT2D eigenvalue weighted by Crippen LogP contribution is 2.25. The van der Waals surface area contributed by atoms with Gasteiger partial charge in [0, 0.05) is 45.7 Å². The Morgan fingerprint density at radius 3 is 2.75 bits per heavy atom. The molecule has 0 aromatic carbocycles. The molecule has 0 radical (unpaired) electrons. The van der Waals surface area contributed by atoms with E-state index in [2.05, 4.69) is 43.0 Å². The predicted octanol–water partition coefficient (Wildman–Crippen LogP) is 1.95. The van der Waals surface area contributed by atoms with Crippen LogP contribution in [-0.4, -0.2) is 69.8 Å². The van der Waals surface area contributed by atoms with Gasteiger partial charge in [-0.25, -0.2) is 4.98 Å². The maximum absolute atomic E-state index is 5.52. The maximum Gasteiger partial charge on any atom is 0.191 e. The molecular weight excluding hydrogens is 372 g/mol. The first-order valence-electron chi connectivity index (χ1n) is 9.60. The standard InChI is InChI=1S/C20H30N6OS/c1-21-20(22-14-16-6-4-8-19(24-16)25(2)3)23-15-17(18-7-5-13-28-18)26-9-11-27-12-10-26/h4-8,13,17H,9-12,14-15H2,1-3H3,(H2,21,22,23). The fraction of sp³-hybridized carbons (Fsp3) is 0.500. The first-order valence-corrected chi connectivity index (χ1v) is 10.5. The van der Waals surface area contributed by atoms with Crippen LogP contribution in [0.25, 0.3) is 0 Å². The lowest BCUT2D eigenvalue weighted by Gasteiger charge is -2.34. The van der Waals surface area contributed by atoms with E-state index in [1.165, 1.54) is 4.88 Å². The van der Waals surface area contributed by atoms with E-state index in [0.717, 1.165) is 50.3 Å². The Morgan fingerprint density at radius 2 is 2.07 bits per heavy atom. The third-order valence-electron chi connectivity index (χ3n) is 4.73. The number of hydrogen-bond acceptors (Lipinski definition) is 6. The molecule has 1 atom stereocenters. The molecule has 1 aliphatic heterocycles. The topological polar surface area (TPSA) is 65.0 Å². The van der Waals surface area contributed by atoms with Crippen LogP contribution in [0.3, 0.4) is 0 Å². The minimum Gasteiger partial charge on any atom is -0.379 e. The van der Waals surface area contributed by atoms with Crippen LogP contribution in [-0.2, 0) is 11.3 Å². The molecule has 152 valence electrons. The van der Waals surface area contributed by atoms with E-state index in [4.69, 9.17) is 4.74 Å². The second kappa shape index (κ2) is 10.4. The zero-order valence-electron chi connectivity index (χ0n) is 16.9. The molecule has 1 saturated heterocycles. The average Bonchev–Trinajstić information content (AvgIpc) is 3.26. The predicted molar refractivity (Wildman–Crippen MR) is 116 cm³/mol. The molecule has 3 rings (SSSR count). The quantitative estimate of drug-likeness (QED) is 0.545. The van der Waals surface area contributed by atoms with Crippen molar-refractivity contribution in [2.45, 2.75) is 12.6 Å². The molecule has 2 aromatic rings. The first-order chi connectivity index (χ1) is 13.7. The molecule has 0 aliphatic carbocycles. The van der Waals surface area contributed by atoms with Crippen molar-refractivity contribution in [3.8, 4) is 0 Å². The SMILES string of the molecule is CN=C(NCc1cccc(N(C)C)n1)NCC(c1cccs1)N1CCOCC1. The molecule has 7 nitrogen and oxygen atoms in total. The van der Waals surface area contributed by atoms with E-state index < -0.39 is 0 Å². The number of anilines is 1. The van der Waals surface area contributed by atoms with Gasteiger partial charge in [-0.2, -0.15) is 0 Å². The second-order valence-electron chi connectivity index (χ2n) is 6.87. The fourth-order valence-electron chi connectivity index (χ4n) is 3.18. The molecule has 0 amide bonds. The van der Waals surface area contributed by atoms with E-state index >= 15 is 0 Å². The van der Waals surface area contributed by atoms with Crippen LogP contribution in [0.5, 0.6) is 0 Å². The summed E-state index contributed by atoms with van der Waals surface area (Å²) in [4.78, 5) is 14.9. The van der Waals surface area contributed by atoms with Crippen molar-refractivity contribution < 1.29 is 4.74 Å². The van der Waals surface area contributed by atoms with Gasteiger partial charge in [-0.15, -0.1) is 11.3 Å². The Bertz CT molecular complexity index is 743. The van der Waals surface area contributed by atoms with Gasteiger partial charge in [-0.1, -0.05) is 12.1 Å². The zero-order chi connectivity index (χ0) is 19.8. The van der Waals surface area contributed by atoms with Crippen molar-refractivity contribution in [3.05, 3.63) is 46.3 Å². The first kappa shape index (κ1) is 20.6. The summed E-state index contributed by atoms with van der Waals surface area (Å²) < 4.78 is 5.52. The van der Waals surface area contributed by atoms with Crippen LogP contribution in [0.4, 0.5) is 5.82 Å². The van der Waals surface area contributed by atoms with Crippen molar-refractivity contribution in [1.29, 1.82) is 0 Å². The highest BCUT2D eigenvalue weighted by molar-refractivity contribution is 7.10. The van der Waals surface area contributed by atoms with Gasteiger partial charge in [0.1, 0.15) is 5.82 Å². The number of rotatable bonds is 7. The number of pyridine rings is 1. The molecule has 8 heteroatoms. The number of ether oxygens (including phenoxy) is 1. The van der Waals surface area contributed by atoms with Crippen LogP contribution in [0.2, 0.25) is 0 Å². The highest BCUT2D eigenvalue weighted by Gasteiger charge is 2.23. The minimum absolute atomic E-state index is 0.317. The van der Waals surface area contributed by atoms with Crippen molar-refractivity contribution in [1.82, 2.24) is 20.5 Å². The van der Waals surface area contributed by atoms with E-state index in [0.29, 0.717) is 12.6 Å². The fourth-order valence-corrected chi connectivity index (χ4v) is 4.04. The molecule has 0 saturated carbocycles. The Labute approximate surface area is 171 Å². The summed E-state index contributed by atoms with van der Waals surface area (Å²) in [7, 11) is 5.79. The molecule has 2 N–H and O–H groups in total. The van der Waals surface area contributed by atoms with Crippen molar-refractivity contribution in [3.63, 3.8) is 0 Å². The molecule has 1 fully saturated rings. The third-order valence-corrected chi connectivity index (χ3v) is 5.71. The van der Waals surface area contributed by atoms with Gasteiger partial charge in [-0.05, 0) is 23.6 Å². The monoisotopic (exact) mass is 402 g/mol. The number of nitrogens with one attached hydrogen (secondary N) is 2. The summed E-state index contributed by atoms with van der Waals surface area (Å²) in [6.07, 6.45) is 0. The zero-order valence-corrected chi connectivity index (χ0v) is 17.7. The minimum atomic E-state index is 0.317. The number of hydrogen-bond donors (Lipinski definition) is 2. The van der Waals surface area contributed by atoms with Crippen molar-refractivity contribution >= 4 is 23.1 Å². The Hall–Kier alpha value is -2.16. The third kappa shape index (κ3) is 5.67. The summed E-state index contributed by atoms with van der Waals surface area (Å²) in [6, 6.07) is 10.7. The van der Waals surface area contributed by atoms with E-state index in [9.17, 15) is 0 Å². The Morgan fingerprint density at radius 1 is 1.25 bits per heavy atom. The maximum atomic E-state index is 5.52. The lowest BCUT2D eigenvalue weighted by Crippen LogP contribution is -2.46. The van der Waals surface area contributed by atoms with Crippen LogP contribution in [0.1, 0.15) is 16.6 Å². The van der Waals surface area contributed by atoms with Gasteiger partial charge in [-0.3, -0.25) is 9.89 Å². The van der Waals surface area contributed by atoms with Gasteiger partial charge < -0.3 is 20.3 Å². The van der Waals surface area contributed by atoms with Crippen LogP contribution in [0, 0.1) is 0 Å². The number of nitrogens with zero attached hydrogens (tertiary/aromatic N) is 4. The molecule has 0 bridgehead atoms. The molecule has 2 aromatic heterocycles. The lowest BCUT2D eigenvalue weighted by molar-refractivity contribution is 0.0177. The molecule has 28 heavy (non-hydrogen) atoms. The summed E-state index contributed by atoms with van der Waals surface area (Å²) in [5.41, 5.74) is 0.983. The Balaban J connectivity index is 1.58. The van der Waals surface area contributed by atoms with Gasteiger partial charge in [0.05, 0.1) is 31.5 Å². The van der Waals surface area contributed by atoms with Crippen molar-refractivity contribution in [2.75, 3.05) is 58.9 Å². The number of morpholine rings is 1. The molecule has 3 heterocycles. The second-order valence-corrected chi connectivity index (χ2v) is 7.85. The summed E-state index contributed by atoms with van der Waals surface area (Å²) in [5, 5.41) is 9.00. The summed E-state index contributed by atoms with van der Waals surface area (Å²) in [5.74, 6) is 1.74. The smallest absolute Gasteiger partial charge is 0.191 e. The summed E-state index contributed by atoms with van der Waals surface area (Å²) in [6.45, 7) is 4.93. The summed E-state index contributed by atoms with van der Waals surface area (Å²) >= 11 is 1.80. The van der Waals surface area contributed by atoms with Crippen LogP contribution >= 0.6 is 11.3 Å². The van der Waals surface area contributed by atoms with Crippen LogP contribution < -0.4 is 15.5 Å². The highest BCUT2D eigenvalue weighted by atomic mass is 32.1. The average molecular weight is 403 g/mol. The van der Waals surface area contributed by atoms with E-state index in [-0.39, 0.29) is 0 Å². The van der Waals surface area contributed by atoms with Gasteiger partial charge in [0.15, 0.2) is 5.96 Å². The van der Waals surface area contributed by atoms with Crippen LogP contribution in [0.15, 0.2) is 40.7 Å².